The molecule has 2 aromatic rings. The van der Waals surface area contributed by atoms with E-state index in [9.17, 15) is 17.8 Å². The molecule has 7 nitrogen and oxygen atoms in total. The van der Waals surface area contributed by atoms with Gasteiger partial charge in [0.05, 0.1) is 10.3 Å². The summed E-state index contributed by atoms with van der Waals surface area (Å²) in [4.78, 5) is 16.6. The number of anilines is 1. The molecule has 52 heavy (non-hydrogen) atoms. The van der Waals surface area contributed by atoms with Gasteiger partial charge in [-0.2, -0.15) is 13.0 Å². The summed E-state index contributed by atoms with van der Waals surface area (Å²) >= 11 is 0. The molecule has 0 saturated carbocycles. The monoisotopic (exact) mass is 728 g/mol. The zero-order valence-corrected chi connectivity index (χ0v) is 33.9. The summed E-state index contributed by atoms with van der Waals surface area (Å²) in [5, 5.41) is 0. The van der Waals surface area contributed by atoms with E-state index in [2.05, 4.69) is 105 Å². The van der Waals surface area contributed by atoms with Crippen LogP contribution in [0.3, 0.4) is 0 Å². The van der Waals surface area contributed by atoms with E-state index in [1.807, 2.05) is 38.1 Å². The molecule has 2 aromatic carbocycles. The maximum Gasteiger partial charge on any atom is 0.294 e. The van der Waals surface area contributed by atoms with Crippen LogP contribution in [0.15, 0.2) is 89.5 Å². The fourth-order valence-corrected chi connectivity index (χ4v) is 7.95. The fourth-order valence-electron chi connectivity index (χ4n) is 7.44. The number of unbranched alkanes of at least 4 members (excludes halogenated alkanes) is 2. The molecule has 0 unspecified atom stereocenters. The third-order valence-corrected chi connectivity index (χ3v) is 11.4. The van der Waals surface area contributed by atoms with E-state index in [1.165, 1.54) is 28.6 Å². The SMILES string of the molecule is CCCCN1/C(=C/C=C/C=C/C=C/C2=[N+](CCCC)c3ccc(CN(C)CCCC(=O)C(C)C)cc3C2(C)C)C(C)(C)c2cc(S(=O)(=O)O)ccc21. The van der Waals surface area contributed by atoms with Crippen LogP contribution in [-0.2, 0) is 32.3 Å². The lowest BCUT2D eigenvalue weighted by atomic mass is 9.80. The van der Waals surface area contributed by atoms with Crippen molar-refractivity contribution in [1.82, 2.24) is 4.90 Å². The van der Waals surface area contributed by atoms with Gasteiger partial charge in [-0.1, -0.05) is 90.8 Å². The maximum absolute atomic E-state index is 12.1. The van der Waals surface area contributed by atoms with Crippen molar-refractivity contribution >= 4 is 33.0 Å². The quantitative estimate of drug-likeness (QED) is 0.0936. The van der Waals surface area contributed by atoms with Crippen LogP contribution in [-0.4, -0.2) is 60.6 Å². The highest BCUT2D eigenvalue weighted by Gasteiger charge is 2.44. The zero-order valence-electron chi connectivity index (χ0n) is 33.1. The normalized spacial score (nSPS) is 17.6. The summed E-state index contributed by atoms with van der Waals surface area (Å²) < 4.78 is 36.0. The standard InChI is InChI=1S/C44H61N3O4S/c1-10-12-28-46-38-25-23-34(32-45(9)27-19-20-40(48)33(3)4)30-36(38)43(5,6)41(46)21-17-15-14-16-18-22-42-44(7,8)37-31-35(52(49,50)51)24-26-39(37)47(42)29-13-11-2/h14-18,21-26,30-31,33H,10-13,19-20,27-29,32H2,1-9H3/p+1. The molecule has 2 aliphatic heterocycles. The number of fused-ring (bicyclic) bond motifs is 2. The van der Waals surface area contributed by atoms with Crippen LogP contribution in [0.25, 0.3) is 0 Å². The van der Waals surface area contributed by atoms with Crippen molar-refractivity contribution in [2.45, 2.75) is 116 Å². The Kier molecular flexibility index (Phi) is 13.8. The summed E-state index contributed by atoms with van der Waals surface area (Å²) in [5.74, 6) is 0.448. The molecule has 0 fully saturated rings. The molecule has 282 valence electrons. The number of ketones is 1. The van der Waals surface area contributed by atoms with Gasteiger partial charge in [-0.25, -0.2) is 0 Å². The predicted octanol–water partition coefficient (Wildman–Crippen LogP) is 9.70. The molecule has 0 atom stereocenters. The number of hydrogen-bond donors (Lipinski definition) is 1. The van der Waals surface area contributed by atoms with Crippen LogP contribution in [0.2, 0.25) is 0 Å². The minimum absolute atomic E-state index is 0.0726. The first-order chi connectivity index (χ1) is 24.5. The second kappa shape index (κ2) is 17.5. The molecule has 0 aromatic heterocycles. The Balaban J connectivity index is 1.50. The van der Waals surface area contributed by atoms with Gasteiger partial charge in [-0.3, -0.25) is 9.35 Å². The number of carbonyl (C=O) groups is 1. The van der Waals surface area contributed by atoms with Crippen LogP contribution in [0.5, 0.6) is 0 Å². The van der Waals surface area contributed by atoms with Crippen LogP contribution in [0, 0.1) is 5.92 Å². The largest absolute Gasteiger partial charge is 0.344 e. The minimum atomic E-state index is -4.29. The van der Waals surface area contributed by atoms with Crippen molar-refractivity contribution in [3.05, 3.63) is 101 Å². The number of rotatable bonds is 18. The van der Waals surface area contributed by atoms with E-state index in [0.29, 0.717) is 12.2 Å². The van der Waals surface area contributed by atoms with E-state index in [1.54, 1.807) is 6.07 Å². The van der Waals surface area contributed by atoms with Crippen molar-refractivity contribution in [1.29, 1.82) is 0 Å². The Morgan fingerprint density at radius 3 is 2.27 bits per heavy atom. The number of nitrogens with zero attached hydrogens (tertiary/aromatic N) is 3. The molecule has 0 spiro atoms. The van der Waals surface area contributed by atoms with Gasteiger partial charge in [0.15, 0.2) is 5.71 Å². The highest BCUT2D eigenvalue weighted by molar-refractivity contribution is 7.85. The van der Waals surface area contributed by atoms with Gasteiger partial charge in [-0.05, 0) is 81.7 Å². The van der Waals surface area contributed by atoms with Crippen LogP contribution in [0.1, 0.15) is 111 Å². The lowest BCUT2D eigenvalue weighted by Gasteiger charge is -2.27. The summed E-state index contributed by atoms with van der Waals surface area (Å²) in [7, 11) is -2.15. The third kappa shape index (κ3) is 9.49. The zero-order chi connectivity index (χ0) is 38.3. The molecule has 8 heteroatoms. The molecule has 0 saturated heterocycles. The Hall–Kier alpha value is -3.59. The summed E-state index contributed by atoms with van der Waals surface area (Å²) in [6, 6.07) is 11.9. The summed E-state index contributed by atoms with van der Waals surface area (Å²) in [6.45, 7) is 20.8. The van der Waals surface area contributed by atoms with E-state index >= 15 is 0 Å². The van der Waals surface area contributed by atoms with Crippen molar-refractivity contribution in [2.75, 3.05) is 31.6 Å². The van der Waals surface area contributed by atoms with Gasteiger partial charge in [0.2, 0.25) is 5.69 Å². The summed E-state index contributed by atoms with van der Waals surface area (Å²) in [6.07, 6.45) is 20.6. The number of Topliss-reactive ketones (excluding diaryl/α,β-unsaturated/α-hetero) is 1. The highest BCUT2D eigenvalue weighted by atomic mass is 32.2. The highest BCUT2D eigenvalue weighted by Crippen LogP contribution is 2.48. The minimum Gasteiger partial charge on any atom is -0.344 e. The molecule has 4 rings (SSSR count). The second-order valence-corrected chi connectivity index (χ2v) is 17.2. The molecular weight excluding hydrogens is 667 g/mol. The molecule has 0 aliphatic carbocycles. The molecule has 0 radical (unpaired) electrons. The topological polar surface area (TPSA) is 80.9 Å². The Labute approximate surface area is 314 Å². The number of carbonyl (C=O) groups excluding carboxylic acids is 1. The van der Waals surface area contributed by atoms with Crippen LogP contribution < -0.4 is 4.90 Å². The molecule has 2 aliphatic rings. The van der Waals surface area contributed by atoms with Gasteiger partial charge in [0.1, 0.15) is 12.3 Å². The summed E-state index contributed by atoms with van der Waals surface area (Å²) in [5.41, 5.74) is 7.65. The Bertz CT molecular complexity index is 1860. The molecule has 0 bridgehead atoms. The fraction of sp³-hybridized carbons (Fsp3) is 0.500. The number of hydrogen-bond acceptors (Lipinski definition) is 5. The van der Waals surface area contributed by atoms with Gasteiger partial charge >= 0.3 is 0 Å². The van der Waals surface area contributed by atoms with E-state index in [-0.39, 0.29) is 16.2 Å². The smallest absolute Gasteiger partial charge is 0.294 e. The first kappa shape index (κ1) is 41.2. The van der Waals surface area contributed by atoms with Gasteiger partial charge < -0.3 is 9.80 Å². The van der Waals surface area contributed by atoms with Crippen molar-refractivity contribution in [2.24, 2.45) is 5.92 Å². The van der Waals surface area contributed by atoms with Crippen molar-refractivity contribution in [3.63, 3.8) is 0 Å². The lowest BCUT2D eigenvalue weighted by molar-refractivity contribution is -0.438. The molecular formula is C44H62N3O4S+. The average molecular weight is 729 g/mol. The first-order valence-corrected chi connectivity index (χ1v) is 20.6. The third-order valence-electron chi connectivity index (χ3n) is 10.6. The lowest BCUT2D eigenvalue weighted by Crippen LogP contribution is -2.28. The van der Waals surface area contributed by atoms with Crippen LogP contribution >= 0.6 is 0 Å². The van der Waals surface area contributed by atoms with E-state index in [4.69, 9.17) is 0 Å². The van der Waals surface area contributed by atoms with Crippen molar-refractivity contribution < 1.29 is 22.3 Å². The second-order valence-electron chi connectivity index (χ2n) is 15.8. The number of allylic oxidation sites excluding steroid dienone is 8. The molecule has 1 N–H and O–H groups in total. The van der Waals surface area contributed by atoms with Gasteiger partial charge in [0, 0.05) is 66.4 Å². The van der Waals surface area contributed by atoms with Crippen LogP contribution in [0.4, 0.5) is 11.4 Å². The number of benzene rings is 2. The Morgan fingerprint density at radius 2 is 1.60 bits per heavy atom. The predicted molar refractivity (Wildman–Crippen MR) is 217 cm³/mol. The van der Waals surface area contributed by atoms with E-state index in [0.717, 1.165) is 75.2 Å². The maximum atomic E-state index is 12.1. The van der Waals surface area contributed by atoms with Crippen molar-refractivity contribution in [3.8, 4) is 0 Å². The first-order valence-electron chi connectivity index (χ1n) is 19.1. The van der Waals surface area contributed by atoms with Gasteiger partial charge in [0.25, 0.3) is 10.1 Å². The van der Waals surface area contributed by atoms with E-state index < -0.39 is 15.5 Å². The average Bonchev–Trinajstić information content (AvgIpc) is 3.42. The molecule has 0 amide bonds. The van der Waals surface area contributed by atoms with Gasteiger partial charge in [-0.15, -0.1) is 0 Å². The molecule has 2 heterocycles. The Morgan fingerprint density at radius 1 is 0.904 bits per heavy atom.